The van der Waals surface area contributed by atoms with E-state index < -0.39 is 9.85 Å². The number of hydrogen-bond donors (Lipinski definition) is 0. The Morgan fingerprint density at radius 2 is 0.763 bits per heavy atom. The zero-order valence-corrected chi connectivity index (χ0v) is 18.4. The molecule has 2 heterocycles. The van der Waals surface area contributed by atoms with Gasteiger partial charge in [0.05, 0.1) is 31.9 Å². The molecule has 14 heteroatoms. The van der Waals surface area contributed by atoms with Crippen LogP contribution in [-0.4, -0.2) is 29.8 Å². The standard InChI is InChI=1S/C24H4N10O4/c25-5-15-16(6-26)30-22-13-3-10(34(37)38)4-14-20(13)19-11(21(22)29-15)1-9(33(35)36)2-12(19)23-24(14)32-18(8-28)17(7-27)31-23/h1-4H. The first-order chi connectivity index (χ1) is 18.3. The van der Waals surface area contributed by atoms with Crippen molar-refractivity contribution in [2.75, 3.05) is 0 Å². The van der Waals surface area contributed by atoms with Gasteiger partial charge in [0.1, 0.15) is 24.3 Å². The lowest BCUT2D eigenvalue weighted by molar-refractivity contribution is -0.384. The summed E-state index contributed by atoms with van der Waals surface area (Å²) < 4.78 is 0. The predicted molar refractivity (Wildman–Crippen MR) is 129 cm³/mol. The predicted octanol–water partition coefficient (Wildman–Crippen LogP) is 3.77. The second kappa shape index (κ2) is 7.43. The Bertz CT molecular complexity index is 2000. The topological polar surface area (TPSA) is 233 Å². The molecule has 14 nitrogen and oxygen atoms in total. The van der Waals surface area contributed by atoms with Gasteiger partial charge in [0.15, 0.2) is 22.8 Å². The third-order valence-corrected chi connectivity index (χ3v) is 6.15. The van der Waals surface area contributed by atoms with Crippen LogP contribution < -0.4 is 0 Å². The summed E-state index contributed by atoms with van der Waals surface area (Å²) in [5.74, 6) is 0. The number of nitrogens with zero attached hydrogens (tertiary/aromatic N) is 10. The molecule has 0 saturated carbocycles. The lowest BCUT2D eigenvalue weighted by atomic mass is 9.90. The molecule has 2 aromatic heterocycles. The van der Waals surface area contributed by atoms with Crippen LogP contribution >= 0.6 is 0 Å². The van der Waals surface area contributed by atoms with Crippen LogP contribution in [0.1, 0.15) is 22.8 Å². The van der Waals surface area contributed by atoms with E-state index in [2.05, 4.69) is 19.9 Å². The molecule has 38 heavy (non-hydrogen) atoms. The maximum Gasteiger partial charge on any atom is 0.270 e. The van der Waals surface area contributed by atoms with Gasteiger partial charge in [-0.25, -0.2) is 19.9 Å². The highest BCUT2D eigenvalue weighted by Crippen LogP contribution is 2.46. The highest BCUT2D eigenvalue weighted by Gasteiger charge is 2.27. The molecule has 4 aromatic carbocycles. The molecular weight excluding hydrogens is 492 g/mol. The van der Waals surface area contributed by atoms with E-state index in [1.807, 2.05) is 0 Å². The van der Waals surface area contributed by atoms with Crippen LogP contribution in [0.4, 0.5) is 11.4 Å². The largest absolute Gasteiger partial charge is 0.270 e. The third-order valence-electron chi connectivity index (χ3n) is 6.15. The first kappa shape index (κ1) is 21.9. The van der Waals surface area contributed by atoms with Gasteiger partial charge in [0, 0.05) is 56.6 Å². The summed E-state index contributed by atoms with van der Waals surface area (Å²) in [6.45, 7) is 0. The molecule has 0 aliphatic heterocycles. The Morgan fingerprint density at radius 1 is 0.526 bits per heavy atom. The van der Waals surface area contributed by atoms with Gasteiger partial charge in [-0.1, -0.05) is 0 Å². The fourth-order valence-corrected chi connectivity index (χ4v) is 4.68. The summed E-state index contributed by atoms with van der Waals surface area (Å²) in [4.78, 5) is 39.5. The molecule has 0 unspecified atom stereocenters. The second-order valence-electron chi connectivity index (χ2n) is 8.03. The number of rotatable bonds is 2. The van der Waals surface area contributed by atoms with Crippen LogP contribution in [0.2, 0.25) is 0 Å². The molecule has 174 valence electrons. The van der Waals surface area contributed by atoms with Gasteiger partial charge in [-0.05, 0) is 0 Å². The van der Waals surface area contributed by atoms with Gasteiger partial charge < -0.3 is 0 Å². The van der Waals surface area contributed by atoms with Crippen molar-refractivity contribution in [2.45, 2.75) is 0 Å². The lowest BCUT2D eigenvalue weighted by Crippen LogP contribution is -2.02. The van der Waals surface area contributed by atoms with Crippen molar-refractivity contribution in [1.29, 1.82) is 21.0 Å². The van der Waals surface area contributed by atoms with E-state index in [0.717, 1.165) is 0 Å². The number of aromatic nitrogens is 4. The SMILES string of the molecule is N#Cc1nc2c3cc([N+](=O)[O-])cc4c5nc(C#N)c(C#N)nc5c5cc([N+](=O)[O-])cc(c2nc1C#N)c5c34. The number of nitriles is 4. The van der Waals surface area contributed by atoms with Crippen molar-refractivity contribution >= 4 is 65.8 Å². The average Bonchev–Trinajstić information content (AvgIpc) is 2.94. The van der Waals surface area contributed by atoms with Crippen LogP contribution in [0.5, 0.6) is 0 Å². The van der Waals surface area contributed by atoms with Gasteiger partial charge in [-0.3, -0.25) is 20.2 Å². The molecule has 0 N–H and O–H groups in total. The second-order valence-corrected chi connectivity index (χ2v) is 8.03. The van der Waals surface area contributed by atoms with Crippen LogP contribution in [0, 0.1) is 65.6 Å². The van der Waals surface area contributed by atoms with Gasteiger partial charge in [0.25, 0.3) is 11.4 Å². The summed E-state index contributed by atoms with van der Waals surface area (Å²) in [7, 11) is 0. The minimum atomic E-state index is -0.651. The summed E-state index contributed by atoms with van der Waals surface area (Å²) in [6, 6.07) is 12.0. The Hall–Kier alpha value is -6.64. The summed E-state index contributed by atoms with van der Waals surface area (Å²) in [5, 5.41) is 63.3. The smallest absolute Gasteiger partial charge is 0.258 e. The van der Waals surface area contributed by atoms with Crippen LogP contribution in [-0.2, 0) is 0 Å². The van der Waals surface area contributed by atoms with Crippen LogP contribution in [0.15, 0.2) is 24.3 Å². The van der Waals surface area contributed by atoms with Gasteiger partial charge >= 0.3 is 0 Å². The van der Waals surface area contributed by atoms with E-state index in [-0.39, 0.29) is 77.8 Å². The fraction of sp³-hybridized carbons (Fsp3) is 0. The van der Waals surface area contributed by atoms with Crippen molar-refractivity contribution in [3.63, 3.8) is 0 Å². The molecule has 0 aliphatic rings. The van der Waals surface area contributed by atoms with Crippen LogP contribution in [0.3, 0.4) is 0 Å². The first-order valence-electron chi connectivity index (χ1n) is 10.4. The average molecular weight is 496 g/mol. The highest BCUT2D eigenvalue weighted by atomic mass is 16.6. The molecule has 0 spiro atoms. The first-order valence-corrected chi connectivity index (χ1v) is 10.4. The molecular formula is C24H4N10O4. The van der Waals surface area contributed by atoms with Gasteiger partial charge in [0.2, 0.25) is 0 Å². The Balaban J connectivity index is 2.07. The number of non-ortho nitro benzene ring substituents is 2. The number of benzene rings is 4. The normalized spacial score (nSPS) is 10.9. The summed E-state index contributed by atoms with van der Waals surface area (Å²) >= 11 is 0. The number of fused-ring (bicyclic) bond motifs is 6. The zero-order valence-electron chi connectivity index (χ0n) is 18.4. The van der Waals surface area contributed by atoms with E-state index in [1.54, 1.807) is 24.3 Å². The fourth-order valence-electron chi connectivity index (χ4n) is 4.68. The molecule has 0 radical (unpaired) electrons. The van der Waals surface area contributed by atoms with E-state index in [9.17, 15) is 41.3 Å². The van der Waals surface area contributed by atoms with Crippen LogP contribution in [0.25, 0.3) is 54.4 Å². The highest BCUT2D eigenvalue weighted by molar-refractivity contribution is 6.38. The lowest BCUT2D eigenvalue weighted by Gasteiger charge is -2.16. The zero-order chi connectivity index (χ0) is 26.9. The number of hydrogen-bond acceptors (Lipinski definition) is 12. The molecule has 0 bridgehead atoms. The quantitative estimate of drug-likeness (QED) is 0.144. The number of nitro benzene ring substituents is 2. The maximum atomic E-state index is 11.9. The number of nitro groups is 2. The van der Waals surface area contributed by atoms with E-state index in [1.165, 1.54) is 24.3 Å². The van der Waals surface area contributed by atoms with Crippen molar-refractivity contribution in [2.24, 2.45) is 0 Å². The molecule has 0 amide bonds. The third kappa shape index (κ3) is 2.71. The van der Waals surface area contributed by atoms with Crippen molar-refractivity contribution in [3.8, 4) is 24.3 Å². The minimum Gasteiger partial charge on any atom is -0.258 e. The van der Waals surface area contributed by atoms with E-state index in [0.29, 0.717) is 10.8 Å². The Labute approximate surface area is 208 Å². The van der Waals surface area contributed by atoms with E-state index >= 15 is 0 Å². The minimum absolute atomic E-state index is 0.00464. The van der Waals surface area contributed by atoms with E-state index in [4.69, 9.17) is 0 Å². The van der Waals surface area contributed by atoms with Gasteiger partial charge in [-0.15, -0.1) is 0 Å². The molecule has 6 rings (SSSR count). The van der Waals surface area contributed by atoms with Crippen molar-refractivity contribution in [1.82, 2.24) is 19.9 Å². The molecule has 6 aromatic rings. The molecule has 0 saturated heterocycles. The molecule has 0 fully saturated rings. The Kier molecular flexibility index (Phi) is 4.27. The van der Waals surface area contributed by atoms with Crippen molar-refractivity contribution in [3.05, 3.63) is 67.3 Å². The summed E-state index contributed by atoms with van der Waals surface area (Å²) in [5.41, 5.74) is -2.06. The summed E-state index contributed by atoms with van der Waals surface area (Å²) in [6.07, 6.45) is 0. The Morgan fingerprint density at radius 3 is 0.947 bits per heavy atom. The van der Waals surface area contributed by atoms with Gasteiger partial charge in [-0.2, -0.15) is 21.0 Å². The monoisotopic (exact) mass is 496 g/mol. The molecule has 0 aliphatic carbocycles. The van der Waals surface area contributed by atoms with Crippen molar-refractivity contribution < 1.29 is 9.85 Å². The molecule has 0 atom stereocenters. The maximum absolute atomic E-state index is 11.9.